The molecule has 4 nitrogen and oxygen atoms in total. The number of nitrogens with two attached hydrogens (primary N) is 1. The number of sulfonamides is 1. The van der Waals surface area contributed by atoms with E-state index in [9.17, 15) is 8.42 Å². The standard InChI is InChI=1S/C15H18N2O2S/c1-11-3-7-14(8-4-11)17-12(2)13-5-9-15(10-6-13)20(16,18)19/h3-10,12,17H,1-2H3,(H2,16,18,19). The molecule has 0 aromatic heterocycles. The van der Waals surface area contributed by atoms with Crippen LogP contribution in [0.2, 0.25) is 0 Å². The predicted octanol–water partition coefficient (Wildman–Crippen LogP) is 2.82. The molecule has 3 N–H and O–H groups in total. The Bertz CT molecular complexity index is 677. The van der Waals surface area contributed by atoms with Gasteiger partial charge >= 0.3 is 0 Å². The number of hydrogen-bond donors (Lipinski definition) is 2. The van der Waals surface area contributed by atoms with Crippen LogP contribution in [0.4, 0.5) is 5.69 Å². The van der Waals surface area contributed by atoms with Crippen molar-refractivity contribution in [3.8, 4) is 0 Å². The second-order valence-corrected chi connectivity index (χ2v) is 6.41. The summed E-state index contributed by atoms with van der Waals surface area (Å²) in [6, 6.07) is 14.8. The van der Waals surface area contributed by atoms with Crippen molar-refractivity contribution in [2.45, 2.75) is 24.8 Å². The lowest BCUT2D eigenvalue weighted by molar-refractivity contribution is 0.597. The highest BCUT2D eigenvalue weighted by molar-refractivity contribution is 7.89. The van der Waals surface area contributed by atoms with Crippen LogP contribution in [0.5, 0.6) is 0 Å². The quantitative estimate of drug-likeness (QED) is 0.909. The summed E-state index contributed by atoms with van der Waals surface area (Å²) >= 11 is 0. The average Bonchev–Trinajstić information content (AvgIpc) is 2.40. The molecule has 0 saturated heterocycles. The summed E-state index contributed by atoms with van der Waals surface area (Å²) in [6.45, 7) is 4.06. The predicted molar refractivity (Wildman–Crippen MR) is 81.0 cm³/mol. The van der Waals surface area contributed by atoms with E-state index in [1.165, 1.54) is 17.7 Å². The Morgan fingerprint density at radius 1 is 1.00 bits per heavy atom. The maximum Gasteiger partial charge on any atom is 0.238 e. The molecule has 0 heterocycles. The van der Waals surface area contributed by atoms with Crippen molar-refractivity contribution in [1.82, 2.24) is 0 Å². The maximum atomic E-state index is 11.2. The zero-order valence-electron chi connectivity index (χ0n) is 11.5. The Kier molecular flexibility index (Phi) is 4.11. The van der Waals surface area contributed by atoms with Crippen LogP contribution in [0.3, 0.4) is 0 Å². The molecule has 2 rings (SSSR count). The van der Waals surface area contributed by atoms with Gasteiger partial charge in [-0.15, -0.1) is 0 Å². The second kappa shape index (κ2) is 5.64. The van der Waals surface area contributed by atoms with Gasteiger partial charge in [-0.1, -0.05) is 29.8 Å². The summed E-state index contributed by atoms with van der Waals surface area (Å²) in [6.07, 6.45) is 0. The van der Waals surface area contributed by atoms with Crippen LogP contribution in [-0.2, 0) is 10.0 Å². The van der Waals surface area contributed by atoms with E-state index < -0.39 is 10.0 Å². The SMILES string of the molecule is Cc1ccc(NC(C)c2ccc(S(N)(=O)=O)cc2)cc1. The van der Waals surface area contributed by atoms with Crippen molar-refractivity contribution in [3.63, 3.8) is 0 Å². The smallest absolute Gasteiger partial charge is 0.238 e. The minimum atomic E-state index is -3.63. The van der Waals surface area contributed by atoms with E-state index in [1.807, 2.05) is 38.1 Å². The van der Waals surface area contributed by atoms with E-state index in [4.69, 9.17) is 5.14 Å². The van der Waals surface area contributed by atoms with Gasteiger partial charge in [-0.3, -0.25) is 0 Å². The van der Waals surface area contributed by atoms with Gasteiger partial charge in [-0.25, -0.2) is 13.6 Å². The molecular weight excluding hydrogens is 272 g/mol. The van der Waals surface area contributed by atoms with Crippen molar-refractivity contribution >= 4 is 15.7 Å². The molecule has 2 aromatic rings. The van der Waals surface area contributed by atoms with Crippen LogP contribution in [0, 0.1) is 6.92 Å². The van der Waals surface area contributed by atoms with Crippen molar-refractivity contribution in [3.05, 3.63) is 59.7 Å². The maximum absolute atomic E-state index is 11.2. The van der Waals surface area contributed by atoms with E-state index >= 15 is 0 Å². The van der Waals surface area contributed by atoms with Gasteiger partial charge < -0.3 is 5.32 Å². The second-order valence-electron chi connectivity index (χ2n) is 4.85. The van der Waals surface area contributed by atoms with Gasteiger partial charge in [0.2, 0.25) is 10.0 Å². The minimum absolute atomic E-state index is 0.0761. The lowest BCUT2D eigenvalue weighted by Crippen LogP contribution is -2.12. The molecule has 106 valence electrons. The van der Waals surface area contributed by atoms with E-state index in [0.29, 0.717) is 0 Å². The third kappa shape index (κ3) is 3.59. The summed E-state index contributed by atoms with van der Waals surface area (Å²) in [5.74, 6) is 0. The third-order valence-corrected chi connectivity index (χ3v) is 4.07. The fourth-order valence-electron chi connectivity index (χ4n) is 1.93. The molecule has 2 aromatic carbocycles. The summed E-state index contributed by atoms with van der Waals surface area (Å²) < 4.78 is 22.4. The van der Waals surface area contributed by atoms with Gasteiger partial charge in [-0.05, 0) is 43.7 Å². The number of hydrogen-bond acceptors (Lipinski definition) is 3. The summed E-state index contributed by atoms with van der Waals surface area (Å²) in [5, 5.41) is 8.44. The monoisotopic (exact) mass is 290 g/mol. The molecule has 20 heavy (non-hydrogen) atoms. The molecule has 0 aliphatic rings. The van der Waals surface area contributed by atoms with Gasteiger partial charge in [-0.2, -0.15) is 0 Å². The van der Waals surface area contributed by atoms with Gasteiger partial charge in [0.15, 0.2) is 0 Å². The molecule has 0 saturated carbocycles. The summed E-state index contributed by atoms with van der Waals surface area (Å²) in [7, 11) is -3.63. The van der Waals surface area contributed by atoms with Gasteiger partial charge in [0.25, 0.3) is 0 Å². The number of benzene rings is 2. The van der Waals surface area contributed by atoms with Crippen LogP contribution in [0.15, 0.2) is 53.4 Å². The Labute approximate surface area is 119 Å². The molecule has 0 spiro atoms. The molecule has 1 unspecified atom stereocenters. The Hall–Kier alpha value is -1.85. The first-order valence-corrected chi connectivity index (χ1v) is 7.87. The van der Waals surface area contributed by atoms with Crippen molar-refractivity contribution in [1.29, 1.82) is 0 Å². The van der Waals surface area contributed by atoms with Crippen LogP contribution in [-0.4, -0.2) is 8.42 Å². The number of anilines is 1. The normalized spacial score (nSPS) is 12.9. The fourth-order valence-corrected chi connectivity index (χ4v) is 2.44. The zero-order chi connectivity index (χ0) is 14.8. The Morgan fingerprint density at radius 2 is 1.55 bits per heavy atom. The summed E-state index contributed by atoms with van der Waals surface area (Å²) in [5.41, 5.74) is 3.23. The van der Waals surface area contributed by atoms with Gasteiger partial charge in [0.05, 0.1) is 4.90 Å². The number of nitrogens with one attached hydrogen (secondary N) is 1. The van der Waals surface area contributed by atoms with E-state index in [1.54, 1.807) is 12.1 Å². The Morgan fingerprint density at radius 3 is 2.05 bits per heavy atom. The number of aryl methyl sites for hydroxylation is 1. The topological polar surface area (TPSA) is 72.2 Å². The molecule has 0 amide bonds. The fraction of sp³-hybridized carbons (Fsp3) is 0.200. The van der Waals surface area contributed by atoms with Gasteiger partial charge in [0.1, 0.15) is 0 Å². The van der Waals surface area contributed by atoms with E-state index in [0.717, 1.165) is 11.3 Å². The van der Waals surface area contributed by atoms with Crippen LogP contribution in [0.1, 0.15) is 24.1 Å². The first-order valence-electron chi connectivity index (χ1n) is 6.32. The lowest BCUT2D eigenvalue weighted by Gasteiger charge is -2.16. The Balaban J connectivity index is 2.13. The van der Waals surface area contributed by atoms with Crippen LogP contribution in [0.25, 0.3) is 0 Å². The number of rotatable bonds is 4. The van der Waals surface area contributed by atoms with Crippen LogP contribution < -0.4 is 10.5 Å². The highest BCUT2D eigenvalue weighted by Crippen LogP contribution is 2.20. The number of primary sulfonamides is 1. The minimum Gasteiger partial charge on any atom is -0.379 e. The highest BCUT2D eigenvalue weighted by Gasteiger charge is 2.09. The third-order valence-electron chi connectivity index (χ3n) is 3.14. The first-order chi connectivity index (χ1) is 9.36. The van der Waals surface area contributed by atoms with Gasteiger partial charge in [0, 0.05) is 11.7 Å². The van der Waals surface area contributed by atoms with Crippen molar-refractivity contribution in [2.75, 3.05) is 5.32 Å². The first kappa shape index (κ1) is 14.6. The molecule has 0 fully saturated rings. The molecule has 0 bridgehead atoms. The molecule has 5 heteroatoms. The summed E-state index contributed by atoms with van der Waals surface area (Å²) in [4.78, 5) is 0.129. The van der Waals surface area contributed by atoms with Crippen molar-refractivity contribution < 1.29 is 8.42 Å². The molecule has 1 atom stereocenters. The zero-order valence-corrected chi connectivity index (χ0v) is 12.3. The molecule has 0 aliphatic heterocycles. The molecule has 0 radical (unpaired) electrons. The van der Waals surface area contributed by atoms with E-state index in [-0.39, 0.29) is 10.9 Å². The average molecular weight is 290 g/mol. The highest BCUT2D eigenvalue weighted by atomic mass is 32.2. The van der Waals surface area contributed by atoms with E-state index in [2.05, 4.69) is 5.32 Å². The molecule has 0 aliphatic carbocycles. The largest absolute Gasteiger partial charge is 0.379 e. The molecular formula is C15H18N2O2S. The van der Waals surface area contributed by atoms with Crippen molar-refractivity contribution in [2.24, 2.45) is 5.14 Å². The lowest BCUT2D eigenvalue weighted by atomic mass is 10.1. The van der Waals surface area contributed by atoms with Crippen LogP contribution >= 0.6 is 0 Å².